The first-order valence-electron chi connectivity index (χ1n) is 7.41. The molecule has 4 nitrogen and oxygen atoms in total. The molecule has 3 rings (SSSR count). The fraction of sp³-hybridized carbons (Fsp3) is 0.105. The van der Waals surface area contributed by atoms with Crippen molar-refractivity contribution in [2.24, 2.45) is 0 Å². The molecule has 1 N–H and O–H groups in total. The zero-order valence-electron chi connectivity index (χ0n) is 12.9. The maximum Gasteiger partial charge on any atom is 0.253 e. The van der Waals surface area contributed by atoms with Gasteiger partial charge in [-0.15, -0.1) is 0 Å². The number of benzene rings is 1. The molecule has 0 spiro atoms. The lowest BCUT2D eigenvalue weighted by molar-refractivity contribution is 0.0950. The normalized spacial score (nSPS) is 10.3. The second kappa shape index (κ2) is 6.83. The molecule has 0 atom stereocenters. The number of aryl methyl sites for hydroxylation is 1. The van der Waals surface area contributed by atoms with Gasteiger partial charge in [0.05, 0.1) is 5.56 Å². The van der Waals surface area contributed by atoms with Crippen molar-refractivity contribution in [1.82, 2.24) is 15.3 Å². The van der Waals surface area contributed by atoms with E-state index in [1.807, 2.05) is 49.4 Å². The Bertz CT molecular complexity index is 798. The zero-order chi connectivity index (χ0) is 16.1. The van der Waals surface area contributed by atoms with E-state index < -0.39 is 0 Å². The predicted octanol–water partition coefficient (Wildman–Crippen LogP) is 3.38. The summed E-state index contributed by atoms with van der Waals surface area (Å²) in [5.41, 5.74) is 4.74. The minimum atomic E-state index is -0.136. The molecule has 0 aliphatic carbocycles. The Kier molecular flexibility index (Phi) is 4.43. The van der Waals surface area contributed by atoms with E-state index >= 15 is 0 Å². The van der Waals surface area contributed by atoms with Crippen molar-refractivity contribution in [3.8, 4) is 11.1 Å². The minimum Gasteiger partial charge on any atom is -0.348 e. The van der Waals surface area contributed by atoms with Gasteiger partial charge in [-0.2, -0.15) is 0 Å². The van der Waals surface area contributed by atoms with Crippen LogP contribution in [0.3, 0.4) is 0 Å². The van der Waals surface area contributed by atoms with Gasteiger partial charge in [0, 0.05) is 36.9 Å². The monoisotopic (exact) mass is 303 g/mol. The maximum absolute atomic E-state index is 12.3. The fourth-order valence-corrected chi connectivity index (χ4v) is 2.25. The zero-order valence-corrected chi connectivity index (χ0v) is 12.9. The number of rotatable bonds is 4. The highest BCUT2D eigenvalue weighted by Gasteiger charge is 2.08. The van der Waals surface area contributed by atoms with E-state index in [0.29, 0.717) is 12.1 Å². The summed E-state index contributed by atoms with van der Waals surface area (Å²) in [5, 5.41) is 2.90. The van der Waals surface area contributed by atoms with Crippen LogP contribution in [-0.2, 0) is 6.54 Å². The standard InChI is InChI=1S/C19H17N3O/c1-14-2-4-16(5-3-14)17-10-18(13-21-12-17)19(23)22-11-15-6-8-20-9-7-15/h2-10,12-13H,11H2,1H3,(H,22,23). The number of carbonyl (C=O) groups is 1. The van der Waals surface area contributed by atoms with Crippen molar-refractivity contribution in [3.63, 3.8) is 0 Å². The van der Waals surface area contributed by atoms with Gasteiger partial charge in [0.25, 0.3) is 5.91 Å². The highest BCUT2D eigenvalue weighted by molar-refractivity contribution is 5.95. The first-order valence-corrected chi connectivity index (χ1v) is 7.41. The Hall–Kier alpha value is -3.01. The topological polar surface area (TPSA) is 54.9 Å². The van der Waals surface area contributed by atoms with Crippen LogP contribution in [0.15, 0.2) is 67.3 Å². The van der Waals surface area contributed by atoms with Gasteiger partial charge >= 0.3 is 0 Å². The second-order valence-electron chi connectivity index (χ2n) is 5.37. The molecule has 0 saturated heterocycles. The average molecular weight is 303 g/mol. The average Bonchev–Trinajstić information content (AvgIpc) is 2.61. The quantitative estimate of drug-likeness (QED) is 0.804. The lowest BCUT2D eigenvalue weighted by atomic mass is 10.0. The van der Waals surface area contributed by atoms with E-state index in [1.165, 1.54) is 5.56 Å². The third kappa shape index (κ3) is 3.80. The molecule has 1 amide bonds. The van der Waals surface area contributed by atoms with E-state index in [-0.39, 0.29) is 5.91 Å². The molecule has 2 aromatic heterocycles. The molecule has 2 heterocycles. The smallest absolute Gasteiger partial charge is 0.253 e. The highest BCUT2D eigenvalue weighted by atomic mass is 16.1. The number of nitrogens with one attached hydrogen (secondary N) is 1. The van der Waals surface area contributed by atoms with Gasteiger partial charge in [-0.25, -0.2) is 0 Å². The third-order valence-electron chi connectivity index (χ3n) is 3.59. The summed E-state index contributed by atoms with van der Waals surface area (Å²) in [6, 6.07) is 13.8. The van der Waals surface area contributed by atoms with Crippen LogP contribution in [0.5, 0.6) is 0 Å². The fourth-order valence-electron chi connectivity index (χ4n) is 2.25. The first-order chi connectivity index (χ1) is 11.2. The number of hydrogen-bond acceptors (Lipinski definition) is 3. The molecule has 0 aliphatic heterocycles. The molecule has 0 bridgehead atoms. The number of pyridine rings is 2. The van der Waals surface area contributed by atoms with E-state index in [9.17, 15) is 4.79 Å². The van der Waals surface area contributed by atoms with Crippen LogP contribution in [0, 0.1) is 6.92 Å². The van der Waals surface area contributed by atoms with Gasteiger partial charge in [-0.1, -0.05) is 29.8 Å². The predicted molar refractivity (Wildman–Crippen MR) is 89.8 cm³/mol. The third-order valence-corrected chi connectivity index (χ3v) is 3.59. The lowest BCUT2D eigenvalue weighted by Crippen LogP contribution is -2.22. The van der Waals surface area contributed by atoms with Gasteiger partial charge in [-0.05, 0) is 36.2 Å². The van der Waals surface area contributed by atoms with Gasteiger partial charge in [0.15, 0.2) is 0 Å². The van der Waals surface area contributed by atoms with Crippen LogP contribution in [0.25, 0.3) is 11.1 Å². The summed E-state index contributed by atoms with van der Waals surface area (Å²) >= 11 is 0. The van der Waals surface area contributed by atoms with E-state index in [1.54, 1.807) is 24.8 Å². The highest BCUT2D eigenvalue weighted by Crippen LogP contribution is 2.19. The van der Waals surface area contributed by atoms with E-state index in [2.05, 4.69) is 15.3 Å². The number of hydrogen-bond donors (Lipinski definition) is 1. The van der Waals surface area contributed by atoms with Crippen LogP contribution >= 0.6 is 0 Å². The van der Waals surface area contributed by atoms with E-state index in [4.69, 9.17) is 0 Å². The summed E-state index contributed by atoms with van der Waals surface area (Å²) in [5.74, 6) is -0.136. The summed E-state index contributed by atoms with van der Waals surface area (Å²) in [6.07, 6.45) is 6.77. The van der Waals surface area contributed by atoms with Crippen LogP contribution < -0.4 is 5.32 Å². The van der Waals surface area contributed by atoms with Gasteiger partial charge in [0.2, 0.25) is 0 Å². The maximum atomic E-state index is 12.3. The van der Waals surface area contributed by atoms with E-state index in [0.717, 1.165) is 16.7 Å². The van der Waals surface area contributed by atoms with Crippen molar-refractivity contribution in [3.05, 3.63) is 83.9 Å². The number of nitrogens with zero attached hydrogens (tertiary/aromatic N) is 2. The summed E-state index contributed by atoms with van der Waals surface area (Å²) in [4.78, 5) is 20.4. The van der Waals surface area contributed by atoms with Gasteiger partial charge in [0.1, 0.15) is 0 Å². The number of carbonyl (C=O) groups excluding carboxylic acids is 1. The minimum absolute atomic E-state index is 0.136. The molecule has 3 aromatic rings. The lowest BCUT2D eigenvalue weighted by Gasteiger charge is -2.07. The summed E-state index contributed by atoms with van der Waals surface area (Å²) in [6.45, 7) is 2.51. The Morgan fingerprint density at radius 1 is 0.957 bits per heavy atom. The van der Waals surface area contributed by atoms with Crippen LogP contribution in [0.1, 0.15) is 21.5 Å². The van der Waals surface area contributed by atoms with Gasteiger partial charge < -0.3 is 5.32 Å². The van der Waals surface area contributed by atoms with Crippen molar-refractivity contribution < 1.29 is 4.79 Å². The molecule has 0 saturated carbocycles. The molecule has 0 radical (unpaired) electrons. The largest absolute Gasteiger partial charge is 0.348 e. The Morgan fingerprint density at radius 2 is 1.70 bits per heavy atom. The molecule has 1 aromatic carbocycles. The molecule has 23 heavy (non-hydrogen) atoms. The molecule has 0 fully saturated rings. The molecule has 0 unspecified atom stereocenters. The molecular weight excluding hydrogens is 286 g/mol. The summed E-state index contributed by atoms with van der Waals surface area (Å²) < 4.78 is 0. The molecule has 4 heteroatoms. The second-order valence-corrected chi connectivity index (χ2v) is 5.37. The Labute approximate surface area is 135 Å². The Morgan fingerprint density at radius 3 is 2.43 bits per heavy atom. The Balaban J connectivity index is 1.74. The molecular formula is C19H17N3O. The first kappa shape index (κ1) is 14.9. The van der Waals surface area contributed by atoms with Crippen LogP contribution in [-0.4, -0.2) is 15.9 Å². The van der Waals surface area contributed by atoms with Crippen LogP contribution in [0.2, 0.25) is 0 Å². The van der Waals surface area contributed by atoms with Crippen molar-refractivity contribution in [1.29, 1.82) is 0 Å². The van der Waals surface area contributed by atoms with Crippen LogP contribution in [0.4, 0.5) is 0 Å². The summed E-state index contributed by atoms with van der Waals surface area (Å²) in [7, 11) is 0. The SMILES string of the molecule is Cc1ccc(-c2cncc(C(=O)NCc3ccncc3)c2)cc1. The molecule has 0 aliphatic rings. The van der Waals surface area contributed by atoms with Gasteiger partial charge in [-0.3, -0.25) is 14.8 Å². The van der Waals surface area contributed by atoms with Crippen molar-refractivity contribution >= 4 is 5.91 Å². The van der Waals surface area contributed by atoms with Crippen molar-refractivity contribution in [2.45, 2.75) is 13.5 Å². The van der Waals surface area contributed by atoms with Crippen molar-refractivity contribution in [2.75, 3.05) is 0 Å². The number of amides is 1. The molecule has 114 valence electrons. The number of aromatic nitrogens is 2.